The average Bonchev–Trinajstić information content (AvgIpc) is 2.87. The Morgan fingerprint density at radius 3 is 2.42 bits per heavy atom. The van der Waals surface area contributed by atoms with Gasteiger partial charge >= 0.3 is 0 Å². The van der Waals surface area contributed by atoms with Crippen LogP contribution in [0.5, 0.6) is 0 Å². The molecule has 2 aromatic rings. The first kappa shape index (κ1) is 15.7. The number of halogens is 2. The van der Waals surface area contributed by atoms with Crippen LogP contribution in [-0.4, -0.2) is 33.9 Å². The van der Waals surface area contributed by atoms with Crippen molar-refractivity contribution in [2.45, 2.75) is 26.4 Å². The Morgan fingerprint density at radius 1 is 1.08 bits per heavy atom. The van der Waals surface area contributed by atoms with Gasteiger partial charge in [-0.15, -0.1) is 0 Å². The van der Waals surface area contributed by atoms with Gasteiger partial charge in [0.15, 0.2) is 0 Å². The lowest BCUT2D eigenvalue weighted by molar-refractivity contribution is 0.0750. The maximum absolute atomic E-state index is 12.8. The third-order valence-corrected chi connectivity index (χ3v) is 4.86. The van der Waals surface area contributed by atoms with Crippen LogP contribution in [0.25, 0.3) is 0 Å². The van der Waals surface area contributed by atoms with E-state index in [0.717, 1.165) is 36.0 Å². The molecule has 3 heterocycles. The van der Waals surface area contributed by atoms with Crippen LogP contribution in [0.3, 0.4) is 0 Å². The van der Waals surface area contributed by atoms with Gasteiger partial charge in [0.2, 0.25) is 0 Å². The summed E-state index contributed by atoms with van der Waals surface area (Å²) in [6.07, 6.45) is 1.18. The number of carbonyl (C=O) groups is 1. The van der Waals surface area contributed by atoms with Crippen molar-refractivity contribution in [1.82, 2.24) is 14.9 Å². The lowest BCUT2D eigenvalue weighted by atomic mass is 10.1. The van der Waals surface area contributed by atoms with Crippen molar-refractivity contribution in [2.24, 2.45) is 0 Å². The lowest BCUT2D eigenvalue weighted by Gasteiger charge is -2.33. The van der Waals surface area contributed by atoms with E-state index in [1.54, 1.807) is 23.1 Å². The largest absolute Gasteiger partial charge is 0.356 e. The minimum atomic E-state index is -0.0930. The van der Waals surface area contributed by atoms with Gasteiger partial charge < -0.3 is 9.80 Å². The zero-order valence-electron chi connectivity index (χ0n) is 13.2. The van der Waals surface area contributed by atoms with Crippen molar-refractivity contribution in [1.29, 1.82) is 0 Å². The maximum atomic E-state index is 12.8. The fraction of sp³-hybridized carbons (Fsp3) is 0.353. The number of aromatic nitrogens is 2. The molecule has 124 valence electrons. The van der Waals surface area contributed by atoms with Gasteiger partial charge in [0.25, 0.3) is 5.91 Å². The van der Waals surface area contributed by atoms with E-state index in [9.17, 15) is 4.79 Å². The highest BCUT2D eigenvalue weighted by molar-refractivity contribution is 6.35. The highest BCUT2D eigenvalue weighted by Crippen LogP contribution is 2.32. The van der Waals surface area contributed by atoms with Crippen molar-refractivity contribution in [3.8, 4) is 0 Å². The lowest BCUT2D eigenvalue weighted by Crippen LogP contribution is -2.38. The number of fused-ring (bicyclic) bond motifs is 1. The molecule has 24 heavy (non-hydrogen) atoms. The Kier molecular flexibility index (Phi) is 3.85. The monoisotopic (exact) mass is 362 g/mol. The Balaban J connectivity index is 1.64. The highest BCUT2D eigenvalue weighted by Gasteiger charge is 2.31. The van der Waals surface area contributed by atoms with Crippen LogP contribution < -0.4 is 4.90 Å². The molecule has 4 rings (SSSR count). The number of amides is 1. The number of carbonyl (C=O) groups excluding carboxylic acids is 1. The minimum Gasteiger partial charge on any atom is -0.356 e. The molecule has 7 heteroatoms. The van der Waals surface area contributed by atoms with Gasteiger partial charge in [-0.2, -0.15) is 0 Å². The SMILES string of the molecule is Cc1nc2c(c(N3CCC3)n1)CN(C(=O)c1cc(Cl)cc(Cl)c1)C2. The first-order valence-electron chi connectivity index (χ1n) is 7.88. The fourth-order valence-electron chi connectivity index (χ4n) is 3.15. The topological polar surface area (TPSA) is 49.3 Å². The van der Waals surface area contributed by atoms with Crippen LogP contribution in [0.2, 0.25) is 10.0 Å². The van der Waals surface area contributed by atoms with Gasteiger partial charge in [-0.25, -0.2) is 9.97 Å². The second-order valence-electron chi connectivity index (χ2n) is 6.18. The van der Waals surface area contributed by atoms with Gasteiger partial charge in [0.05, 0.1) is 18.8 Å². The summed E-state index contributed by atoms with van der Waals surface area (Å²) in [6, 6.07) is 4.91. The van der Waals surface area contributed by atoms with Crippen LogP contribution in [0, 0.1) is 6.92 Å². The van der Waals surface area contributed by atoms with E-state index in [1.165, 1.54) is 6.42 Å². The summed E-state index contributed by atoms with van der Waals surface area (Å²) < 4.78 is 0. The Hall–Kier alpha value is -1.85. The quantitative estimate of drug-likeness (QED) is 0.820. The fourth-order valence-corrected chi connectivity index (χ4v) is 3.68. The standard InChI is InChI=1S/C17H16Cl2N4O/c1-10-20-15-9-23(8-14(15)16(21-10)22-3-2-4-22)17(24)11-5-12(18)7-13(19)6-11/h5-7H,2-4,8-9H2,1H3. The summed E-state index contributed by atoms with van der Waals surface area (Å²) in [5.41, 5.74) is 2.49. The van der Waals surface area contributed by atoms with Gasteiger partial charge in [0.1, 0.15) is 11.6 Å². The van der Waals surface area contributed by atoms with Gasteiger partial charge in [-0.1, -0.05) is 23.2 Å². The van der Waals surface area contributed by atoms with Crippen LogP contribution in [0.15, 0.2) is 18.2 Å². The summed E-state index contributed by atoms with van der Waals surface area (Å²) in [4.78, 5) is 26.0. The first-order valence-corrected chi connectivity index (χ1v) is 8.63. The summed E-state index contributed by atoms with van der Waals surface area (Å²) >= 11 is 12.0. The van der Waals surface area contributed by atoms with E-state index in [2.05, 4.69) is 14.9 Å². The van der Waals surface area contributed by atoms with Crippen molar-refractivity contribution >= 4 is 34.9 Å². The Morgan fingerprint density at radius 2 is 1.79 bits per heavy atom. The number of anilines is 1. The van der Waals surface area contributed by atoms with Crippen LogP contribution in [0.4, 0.5) is 5.82 Å². The average molecular weight is 363 g/mol. The number of nitrogens with zero attached hydrogens (tertiary/aromatic N) is 4. The Labute approximate surface area is 150 Å². The number of benzene rings is 1. The van der Waals surface area contributed by atoms with E-state index in [-0.39, 0.29) is 5.91 Å². The van der Waals surface area contributed by atoms with Gasteiger partial charge in [-0.3, -0.25) is 4.79 Å². The molecule has 1 amide bonds. The number of hydrogen-bond acceptors (Lipinski definition) is 4. The molecule has 0 unspecified atom stereocenters. The predicted molar refractivity (Wildman–Crippen MR) is 93.6 cm³/mol. The second-order valence-corrected chi connectivity index (χ2v) is 7.05. The molecule has 0 atom stereocenters. The summed E-state index contributed by atoms with van der Waals surface area (Å²) in [7, 11) is 0. The summed E-state index contributed by atoms with van der Waals surface area (Å²) in [6.45, 7) is 4.93. The van der Waals surface area contributed by atoms with E-state index in [0.29, 0.717) is 28.7 Å². The maximum Gasteiger partial charge on any atom is 0.254 e. The van der Waals surface area contributed by atoms with E-state index < -0.39 is 0 Å². The van der Waals surface area contributed by atoms with Crippen LogP contribution >= 0.6 is 23.2 Å². The zero-order valence-corrected chi connectivity index (χ0v) is 14.7. The molecule has 1 saturated heterocycles. The summed E-state index contributed by atoms with van der Waals surface area (Å²) in [5, 5.41) is 0.916. The van der Waals surface area contributed by atoms with Crippen molar-refractivity contribution in [2.75, 3.05) is 18.0 Å². The number of rotatable bonds is 2. The first-order chi connectivity index (χ1) is 11.5. The van der Waals surface area contributed by atoms with Crippen LogP contribution in [-0.2, 0) is 13.1 Å². The van der Waals surface area contributed by atoms with Crippen molar-refractivity contribution < 1.29 is 4.79 Å². The molecule has 0 saturated carbocycles. The molecular formula is C17H16Cl2N4O. The molecule has 0 aliphatic carbocycles. The summed E-state index contributed by atoms with van der Waals surface area (Å²) in [5.74, 6) is 1.63. The van der Waals surface area contributed by atoms with Gasteiger partial charge in [0, 0.05) is 34.3 Å². The zero-order chi connectivity index (χ0) is 16.8. The third-order valence-electron chi connectivity index (χ3n) is 4.42. The molecule has 1 fully saturated rings. The molecule has 0 radical (unpaired) electrons. The normalized spacial score (nSPS) is 16.1. The Bertz CT molecular complexity index is 815. The molecule has 5 nitrogen and oxygen atoms in total. The van der Waals surface area contributed by atoms with Crippen molar-refractivity contribution in [3.05, 3.63) is 50.9 Å². The molecule has 0 spiro atoms. The van der Waals surface area contributed by atoms with E-state index in [4.69, 9.17) is 23.2 Å². The highest BCUT2D eigenvalue weighted by atomic mass is 35.5. The van der Waals surface area contributed by atoms with E-state index in [1.807, 2.05) is 6.92 Å². The smallest absolute Gasteiger partial charge is 0.254 e. The van der Waals surface area contributed by atoms with Crippen molar-refractivity contribution in [3.63, 3.8) is 0 Å². The number of hydrogen-bond donors (Lipinski definition) is 0. The molecule has 0 bridgehead atoms. The minimum absolute atomic E-state index is 0.0930. The third kappa shape index (κ3) is 2.72. The van der Waals surface area contributed by atoms with Gasteiger partial charge in [-0.05, 0) is 31.5 Å². The van der Waals surface area contributed by atoms with Crippen LogP contribution in [0.1, 0.15) is 33.9 Å². The molecule has 0 N–H and O–H groups in total. The molecule has 1 aromatic heterocycles. The number of aryl methyl sites for hydroxylation is 1. The second kappa shape index (κ2) is 5.90. The van der Waals surface area contributed by atoms with E-state index >= 15 is 0 Å². The molecule has 1 aromatic carbocycles. The molecule has 2 aliphatic rings. The predicted octanol–water partition coefficient (Wildman–Crippen LogP) is 3.46. The molecule has 2 aliphatic heterocycles. The molecular weight excluding hydrogens is 347 g/mol.